The monoisotopic (exact) mass is 302 g/mol. The molecule has 0 N–H and O–H groups in total. The summed E-state index contributed by atoms with van der Waals surface area (Å²) in [7, 11) is 0. The lowest BCUT2D eigenvalue weighted by Crippen LogP contribution is -2.40. The molecule has 0 saturated heterocycles. The van der Waals surface area contributed by atoms with Crippen molar-refractivity contribution < 1.29 is 14.3 Å². The van der Waals surface area contributed by atoms with Crippen LogP contribution in [0.2, 0.25) is 0 Å². The Hall–Kier alpha value is -1.90. The van der Waals surface area contributed by atoms with Gasteiger partial charge < -0.3 is 4.74 Å². The van der Waals surface area contributed by atoms with Crippen LogP contribution in [0.15, 0.2) is 30.3 Å². The third-order valence-electron chi connectivity index (χ3n) is 3.54. The number of esters is 1. The number of ketones is 1. The highest BCUT2D eigenvalue weighted by Gasteiger charge is 2.40. The summed E-state index contributed by atoms with van der Waals surface area (Å²) in [5.41, 5.74) is 0.489. The summed E-state index contributed by atoms with van der Waals surface area (Å²) in [5.74, 6) is -0.656. The van der Waals surface area contributed by atoms with Crippen molar-refractivity contribution in [3.63, 3.8) is 0 Å². The zero-order valence-electron chi connectivity index (χ0n) is 14.4. The first-order valence-corrected chi connectivity index (χ1v) is 7.52. The second-order valence-corrected chi connectivity index (χ2v) is 6.91. The molecular weight excluding hydrogens is 276 g/mol. The minimum Gasteiger partial charge on any atom is -0.459 e. The van der Waals surface area contributed by atoms with Gasteiger partial charge in [0.2, 0.25) is 0 Å². The van der Waals surface area contributed by atoms with Gasteiger partial charge in [0.25, 0.3) is 0 Å². The predicted molar refractivity (Wildman–Crippen MR) is 89.5 cm³/mol. The highest BCUT2D eigenvalue weighted by Crippen LogP contribution is 2.28. The van der Waals surface area contributed by atoms with E-state index in [1.54, 1.807) is 27.7 Å². The molecule has 1 atom stereocenters. The van der Waals surface area contributed by atoms with Crippen LogP contribution in [0.3, 0.4) is 0 Å². The molecule has 0 aliphatic carbocycles. The number of carbonyl (C=O) groups is 2. The topological polar surface area (TPSA) is 43.4 Å². The van der Waals surface area contributed by atoms with Gasteiger partial charge in [0.15, 0.2) is 0 Å². The average molecular weight is 302 g/mol. The molecule has 0 aromatic heterocycles. The fraction of sp³-hybridized carbons (Fsp3) is 0.474. The van der Waals surface area contributed by atoms with Gasteiger partial charge in [-0.2, -0.15) is 0 Å². The normalized spacial score (nSPS) is 14.6. The van der Waals surface area contributed by atoms with Crippen LogP contribution >= 0.6 is 0 Å². The Morgan fingerprint density at radius 2 is 1.64 bits per heavy atom. The van der Waals surface area contributed by atoms with Crippen LogP contribution in [-0.2, 0) is 14.3 Å². The smallest absolute Gasteiger partial charge is 0.320 e. The summed E-state index contributed by atoms with van der Waals surface area (Å²) >= 11 is 0. The zero-order chi connectivity index (χ0) is 17.0. The van der Waals surface area contributed by atoms with Gasteiger partial charge in [-0.3, -0.25) is 9.59 Å². The molecule has 0 bridgehead atoms. The summed E-state index contributed by atoms with van der Waals surface area (Å²) < 4.78 is 5.39. The summed E-state index contributed by atoms with van der Waals surface area (Å²) in [4.78, 5) is 24.3. The molecule has 3 nitrogen and oxygen atoms in total. The number of Topliss-reactive ketones (excluding diaryl/α,β-unsaturated/α-hetero) is 1. The second kappa shape index (κ2) is 6.91. The van der Waals surface area contributed by atoms with Crippen molar-refractivity contribution in [2.75, 3.05) is 0 Å². The van der Waals surface area contributed by atoms with Crippen molar-refractivity contribution in [3.8, 4) is 0 Å². The van der Waals surface area contributed by atoms with Crippen LogP contribution in [0.1, 0.15) is 52.2 Å². The largest absolute Gasteiger partial charge is 0.459 e. The Labute approximate surface area is 133 Å². The molecule has 0 heterocycles. The Kier molecular flexibility index (Phi) is 5.70. The van der Waals surface area contributed by atoms with Gasteiger partial charge in [-0.15, -0.1) is 0 Å². The molecule has 1 aromatic carbocycles. The maximum absolute atomic E-state index is 12.3. The molecule has 0 spiro atoms. The molecule has 0 aliphatic heterocycles. The van der Waals surface area contributed by atoms with Gasteiger partial charge >= 0.3 is 5.97 Å². The number of hydrogen-bond acceptors (Lipinski definition) is 3. The van der Waals surface area contributed by atoms with Crippen LogP contribution in [-0.4, -0.2) is 17.4 Å². The maximum Gasteiger partial charge on any atom is 0.320 e. The van der Waals surface area contributed by atoms with Gasteiger partial charge in [-0.05, 0) is 53.5 Å². The molecule has 0 unspecified atom stereocenters. The average Bonchev–Trinajstić information content (AvgIpc) is 2.38. The molecule has 120 valence electrons. The van der Waals surface area contributed by atoms with Gasteiger partial charge in [-0.1, -0.05) is 42.0 Å². The highest BCUT2D eigenvalue weighted by molar-refractivity contribution is 6.02. The molecule has 3 heteroatoms. The van der Waals surface area contributed by atoms with Gasteiger partial charge in [-0.25, -0.2) is 0 Å². The van der Waals surface area contributed by atoms with Crippen LogP contribution < -0.4 is 0 Å². The minimum absolute atomic E-state index is 0.185. The fourth-order valence-electron chi connectivity index (χ4n) is 1.87. The first-order chi connectivity index (χ1) is 10.0. The van der Waals surface area contributed by atoms with E-state index in [-0.39, 0.29) is 5.78 Å². The molecule has 0 radical (unpaired) electrons. The molecule has 0 saturated carbocycles. The lowest BCUT2D eigenvalue weighted by atomic mass is 9.82. The number of hydrogen-bond donors (Lipinski definition) is 0. The van der Waals surface area contributed by atoms with Crippen LogP contribution in [0, 0.1) is 12.3 Å². The van der Waals surface area contributed by atoms with Crippen LogP contribution in [0.25, 0.3) is 6.08 Å². The first-order valence-electron chi connectivity index (χ1n) is 7.52. The molecule has 1 aromatic rings. The van der Waals surface area contributed by atoms with Crippen LogP contribution in [0.4, 0.5) is 0 Å². The third kappa shape index (κ3) is 5.14. The molecule has 0 fully saturated rings. The zero-order valence-corrected chi connectivity index (χ0v) is 14.4. The lowest BCUT2D eigenvalue weighted by molar-refractivity contribution is -0.168. The summed E-state index contributed by atoms with van der Waals surface area (Å²) in [6, 6.07) is 8.06. The lowest BCUT2D eigenvalue weighted by Gasteiger charge is -2.28. The summed E-state index contributed by atoms with van der Waals surface area (Å²) in [5, 5.41) is 0. The molecule has 0 amide bonds. The fourth-order valence-corrected chi connectivity index (χ4v) is 1.87. The van der Waals surface area contributed by atoms with Gasteiger partial charge in [0, 0.05) is 0 Å². The van der Waals surface area contributed by atoms with E-state index >= 15 is 0 Å². The van der Waals surface area contributed by atoms with E-state index in [4.69, 9.17) is 4.74 Å². The van der Waals surface area contributed by atoms with Crippen molar-refractivity contribution in [2.45, 2.75) is 53.6 Å². The molecular formula is C19H26O3. The maximum atomic E-state index is 12.3. The van der Waals surface area contributed by atoms with E-state index < -0.39 is 17.0 Å². The van der Waals surface area contributed by atoms with Crippen molar-refractivity contribution in [1.82, 2.24) is 0 Å². The Morgan fingerprint density at radius 3 is 2.09 bits per heavy atom. The number of rotatable bonds is 5. The number of ether oxygens (including phenoxy) is 1. The van der Waals surface area contributed by atoms with Crippen molar-refractivity contribution in [3.05, 3.63) is 41.5 Å². The van der Waals surface area contributed by atoms with E-state index in [0.29, 0.717) is 6.42 Å². The van der Waals surface area contributed by atoms with E-state index in [2.05, 4.69) is 0 Å². The van der Waals surface area contributed by atoms with Crippen molar-refractivity contribution in [1.29, 1.82) is 0 Å². The predicted octanol–water partition coefficient (Wildman–Crippen LogP) is 4.34. The van der Waals surface area contributed by atoms with Crippen molar-refractivity contribution >= 4 is 17.8 Å². The van der Waals surface area contributed by atoms with Crippen LogP contribution in [0.5, 0.6) is 0 Å². The van der Waals surface area contributed by atoms with Gasteiger partial charge in [0.05, 0.1) is 0 Å². The Morgan fingerprint density at radius 1 is 1.09 bits per heavy atom. The number of aryl methyl sites for hydroxylation is 1. The van der Waals surface area contributed by atoms with E-state index in [0.717, 1.165) is 5.56 Å². The van der Waals surface area contributed by atoms with Crippen molar-refractivity contribution in [2.24, 2.45) is 5.41 Å². The number of benzene rings is 1. The third-order valence-corrected chi connectivity index (χ3v) is 3.54. The second-order valence-electron chi connectivity index (χ2n) is 6.91. The summed E-state index contributed by atoms with van der Waals surface area (Å²) in [6.07, 6.45) is 4.10. The highest BCUT2D eigenvalue weighted by atomic mass is 16.6. The number of carbonyl (C=O) groups excluding carboxylic acids is 2. The van der Waals surface area contributed by atoms with E-state index in [1.165, 1.54) is 12.5 Å². The SMILES string of the molecule is CC(=O)[C@](C)(C/C=C/c1ccc(C)cc1)C(=O)OC(C)(C)C. The van der Waals surface area contributed by atoms with E-state index in [9.17, 15) is 9.59 Å². The Balaban J connectivity index is 2.85. The van der Waals surface area contributed by atoms with E-state index in [1.807, 2.05) is 43.3 Å². The molecule has 0 aliphatic rings. The molecule has 1 rings (SSSR count). The summed E-state index contributed by atoms with van der Waals surface area (Å²) in [6.45, 7) is 10.5. The first kappa shape index (κ1) is 18.1. The number of allylic oxidation sites excluding steroid dienone is 1. The minimum atomic E-state index is -1.14. The quantitative estimate of drug-likeness (QED) is 0.600. The standard InChI is InChI=1S/C19H26O3/c1-14-9-11-16(12-10-14)8-7-13-19(6,15(2)20)17(21)22-18(3,4)5/h7-12H,13H2,1-6H3/b8-7+/t19-/m0/s1. The molecule has 22 heavy (non-hydrogen) atoms. The van der Waals surface area contributed by atoms with Gasteiger partial charge in [0.1, 0.15) is 16.8 Å². The Bertz CT molecular complexity index is 561.